The van der Waals surface area contributed by atoms with E-state index in [1.807, 2.05) is 31.2 Å². The highest BCUT2D eigenvalue weighted by molar-refractivity contribution is 5.61. The Balaban J connectivity index is 2.03. The van der Waals surface area contributed by atoms with Crippen LogP contribution in [0.15, 0.2) is 42.5 Å². The number of nitrogens with one attached hydrogen (secondary N) is 1. The summed E-state index contributed by atoms with van der Waals surface area (Å²) in [5.74, 6) is -0.514. The molecule has 0 heterocycles. The zero-order chi connectivity index (χ0) is 15.9. The maximum atomic E-state index is 13.2. The van der Waals surface area contributed by atoms with Gasteiger partial charge >= 0.3 is 0 Å². The number of hydrogen-bond donors (Lipinski definition) is 1. The predicted molar refractivity (Wildman–Crippen MR) is 82.2 cm³/mol. The van der Waals surface area contributed by atoms with Crippen molar-refractivity contribution >= 4 is 11.4 Å². The number of ether oxygens (including phenoxy) is 1. The van der Waals surface area contributed by atoms with Crippen LogP contribution in [0.5, 0.6) is 0 Å². The van der Waals surface area contributed by atoms with Crippen molar-refractivity contribution in [3.63, 3.8) is 0 Å². The van der Waals surface area contributed by atoms with E-state index in [4.69, 9.17) is 4.74 Å². The Labute approximate surface area is 127 Å². The maximum absolute atomic E-state index is 13.2. The summed E-state index contributed by atoms with van der Waals surface area (Å²) in [5.41, 5.74) is 2.03. The van der Waals surface area contributed by atoms with Gasteiger partial charge in [-0.05, 0) is 24.1 Å². The summed E-state index contributed by atoms with van der Waals surface area (Å²) < 4.78 is 18.5. The minimum Gasteiger partial charge on any atom is -0.377 e. The minimum atomic E-state index is -0.535. The fraction of sp³-hybridized carbons (Fsp3) is 0.250. The molecular formula is C16H17FN2O3. The Morgan fingerprint density at radius 1 is 1.18 bits per heavy atom. The molecule has 1 N–H and O–H groups in total. The molecule has 5 nitrogen and oxygen atoms in total. The molecule has 0 aromatic heterocycles. The van der Waals surface area contributed by atoms with Crippen molar-refractivity contribution in [3.05, 3.63) is 69.5 Å². The van der Waals surface area contributed by atoms with Crippen LogP contribution in [-0.2, 0) is 17.9 Å². The first kappa shape index (κ1) is 15.9. The summed E-state index contributed by atoms with van der Waals surface area (Å²) in [6.07, 6.45) is 0. The predicted octanol–water partition coefficient (Wildman–Crippen LogP) is 3.88. The van der Waals surface area contributed by atoms with Crippen LogP contribution in [0, 0.1) is 15.9 Å². The first-order valence-electron chi connectivity index (χ1n) is 6.93. The first-order valence-corrected chi connectivity index (χ1v) is 6.93. The number of benzene rings is 2. The van der Waals surface area contributed by atoms with Crippen molar-refractivity contribution in [2.45, 2.75) is 20.1 Å². The van der Waals surface area contributed by atoms with Gasteiger partial charge in [-0.25, -0.2) is 4.39 Å². The molecule has 0 unspecified atom stereocenters. The number of nitro benzene ring substituents is 1. The molecule has 22 heavy (non-hydrogen) atoms. The van der Waals surface area contributed by atoms with Crippen molar-refractivity contribution in [1.82, 2.24) is 0 Å². The molecule has 0 saturated carbocycles. The molecule has 2 rings (SSSR count). The van der Waals surface area contributed by atoms with Crippen LogP contribution in [-0.4, -0.2) is 11.5 Å². The molecule has 0 atom stereocenters. The van der Waals surface area contributed by atoms with Crippen LogP contribution in [0.4, 0.5) is 15.8 Å². The van der Waals surface area contributed by atoms with E-state index in [0.29, 0.717) is 19.8 Å². The normalized spacial score (nSPS) is 10.5. The number of rotatable bonds is 7. The van der Waals surface area contributed by atoms with Crippen LogP contribution in [0.2, 0.25) is 0 Å². The van der Waals surface area contributed by atoms with E-state index in [1.165, 1.54) is 0 Å². The van der Waals surface area contributed by atoms with Crippen LogP contribution in [0.25, 0.3) is 0 Å². The zero-order valence-corrected chi connectivity index (χ0v) is 12.2. The van der Waals surface area contributed by atoms with Gasteiger partial charge in [-0.2, -0.15) is 0 Å². The molecule has 0 spiro atoms. The maximum Gasteiger partial charge on any atom is 0.292 e. The van der Waals surface area contributed by atoms with Crippen molar-refractivity contribution in [2.24, 2.45) is 0 Å². The minimum absolute atomic E-state index is 0.144. The van der Waals surface area contributed by atoms with E-state index >= 15 is 0 Å². The fourth-order valence-corrected chi connectivity index (χ4v) is 1.98. The van der Waals surface area contributed by atoms with Crippen LogP contribution in [0.3, 0.4) is 0 Å². The number of nitrogens with zero attached hydrogens (tertiary/aromatic N) is 1. The molecule has 2 aromatic carbocycles. The third-order valence-corrected chi connectivity index (χ3v) is 3.13. The van der Waals surface area contributed by atoms with E-state index in [0.717, 1.165) is 29.3 Å². The summed E-state index contributed by atoms with van der Waals surface area (Å²) in [5, 5.41) is 13.8. The quantitative estimate of drug-likeness (QED) is 0.622. The average molecular weight is 304 g/mol. The first-order chi connectivity index (χ1) is 10.6. The van der Waals surface area contributed by atoms with Gasteiger partial charge in [0.05, 0.1) is 11.5 Å². The second-order valence-corrected chi connectivity index (χ2v) is 4.73. The summed E-state index contributed by atoms with van der Waals surface area (Å²) in [6.45, 7) is 3.52. The van der Waals surface area contributed by atoms with E-state index < -0.39 is 10.7 Å². The lowest BCUT2D eigenvalue weighted by atomic mass is 10.1. The van der Waals surface area contributed by atoms with E-state index in [2.05, 4.69) is 5.32 Å². The van der Waals surface area contributed by atoms with Crippen molar-refractivity contribution in [3.8, 4) is 0 Å². The fourth-order valence-electron chi connectivity index (χ4n) is 1.98. The molecule has 0 amide bonds. The second kappa shape index (κ2) is 7.51. The van der Waals surface area contributed by atoms with Crippen LogP contribution < -0.4 is 5.32 Å². The molecule has 0 aliphatic carbocycles. The third-order valence-electron chi connectivity index (χ3n) is 3.13. The van der Waals surface area contributed by atoms with Gasteiger partial charge in [0.15, 0.2) is 0 Å². The van der Waals surface area contributed by atoms with Gasteiger partial charge in [-0.1, -0.05) is 24.3 Å². The Kier molecular flexibility index (Phi) is 5.43. The molecular weight excluding hydrogens is 287 g/mol. The lowest BCUT2D eigenvalue weighted by Gasteiger charge is -2.08. The van der Waals surface area contributed by atoms with E-state index in [9.17, 15) is 14.5 Å². The SMILES string of the molecule is CCOCc1ccc(CNc2cc(F)ccc2[N+](=O)[O-])cc1. The van der Waals surface area contributed by atoms with Gasteiger partial charge in [0.2, 0.25) is 0 Å². The number of anilines is 1. The molecule has 0 saturated heterocycles. The Bertz CT molecular complexity index is 644. The highest BCUT2D eigenvalue weighted by atomic mass is 19.1. The Morgan fingerprint density at radius 2 is 1.86 bits per heavy atom. The average Bonchev–Trinajstić information content (AvgIpc) is 2.51. The topological polar surface area (TPSA) is 64.4 Å². The second-order valence-electron chi connectivity index (χ2n) is 4.73. The molecule has 0 aliphatic heterocycles. The van der Waals surface area contributed by atoms with Gasteiger partial charge in [-0.3, -0.25) is 10.1 Å². The van der Waals surface area contributed by atoms with E-state index in [-0.39, 0.29) is 11.4 Å². The van der Waals surface area contributed by atoms with E-state index in [1.54, 1.807) is 0 Å². The van der Waals surface area contributed by atoms with Gasteiger partial charge in [0, 0.05) is 25.3 Å². The van der Waals surface area contributed by atoms with Crippen LogP contribution in [0.1, 0.15) is 18.1 Å². The lowest BCUT2D eigenvalue weighted by Crippen LogP contribution is -2.03. The van der Waals surface area contributed by atoms with Gasteiger partial charge < -0.3 is 10.1 Å². The monoisotopic (exact) mass is 304 g/mol. The van der Waals surface area contributed by atoms with Gasteiger partial charge in [-0.15, -0.1) is 0 Å². The Morgan fingerprint density at radius 3 is 2.50 bits per heavy atom. The number of halogens is 1. The molecule has 0 radical (unpaired) electrons. The highest BCUT2D eigenvalue weighted by Gasteiger charge is 2.13. The molecule has 0 bridgehead atoms. The summed E-state index contributed by atoms with van der Waals surface area (Å²) >= 11 is 0. The highest BCUT2D eigenvalue weighted by Crippen LogP contribution is 2.25. The standard InChI is InChI=1S/C16H17FN2O3/c1-2-22-11-13-5-3-12(4-6-13)10-18-15-9-14(17)7-8-16(15)19(20)21/h3-9,18H,2,10-11H2,1H3. The summed E-state index contributed by atoms with van der Waals surface area (Å²) in [4.78, 5) is 10.4. The molecule has 2 aromatic rings. The largest absolute Gasteiger partial charge is 0.377 e. The summed E-state index contributed by atoms with van der Waals surface area (Å²) in [6, 6.07) is 11.1. The van der Waals surface area contributed by atoms with Crippen molar-refractivity contribution in [2.75, 3.05) is 11.9 Å². The van der Waals surface area contributed by atoms with Gasteiger partial charge in [0.1, 0.15) is 11.5 Å². The number of hydrogen-bond acceptors (Lipinski definition) is 4. The third kappa shape index (κ3) is 4.26. The molecule has 0 aliphatic rings. The van der Waals surface area contributed by atoms with Gasteiger partial charge in [0.25, 0.3) is 5.69 Å². The lowest BCUT2D eigenvalue weighted by molar-refractivity contribution is -0.384. The number of nitro groups is 1. The smallest absolute Gasteiger partial charge is 0.292 e. The van der Waals surface area contributed by atoms with Crippen molar-refractivity contribution in [1.29, 1.82) is 0 Å². The molecule has 6 heteroatoms. The zero-order valence-electron chi connectivity index (χ0n) is 12.2. The summed E-state index contributed by atoms with van der Waals surface area (Å²) in [7, 11) is 0. The van der Waals surface area contributed by atoms with Crippen LogP contribution >= 0.6 is 0 Å². The van der Waals surface area contributed by atoms with Crippen molar-refractivity contribution < 1.29 is 14.1 Å². The molecule has 0 fully saturated rings. The molecule has 116 valence electrons. The Hall–Kier alpha value is -2.47.